The van der Waals surface area contributed by atoms with Crippen molar-refractivity contribution in [2.75, 3.05) is 13.1 Å². The van der Waals surface area contributed by atoms with Gasteiger partial charge in [-0.3, -0.25) is 9.59 Å². The number of amides is 3. The van der Waals surface area contributed by atoms with Crippen molar-refractivity contribution < 1.29 is 33.4 Å². The van der Waals surface area contributed by atoms with Gasteiger partial charge in [-0.25, -0.2) is 9.59 Å². The molecular formula is C31H43N3O7. The van der Waals surface area contributed by atoms with Crippen molar-refractivity contribution in [1.29, 1.82) is 0 Å². The predicted molar refractivity (Wildman–Crippen MR) is 155 cm³/mol. The lowest BCUT2D eigenvalue weighted by Gasteiger charge is -2.19. The monoisotopic (exact) mass is 569 g/mol. The van der Waals surface area contributed by atoms with Gasteiger partial charge >= 0.3 is 18.2 Å². The van der Waals surface area contributed by atoms with Crippen LogP contribution in [0.3, 0.4) is 0 Å². The van der Waals surface area contributed by atoms with Crippen LogP contribution in [0, 0.1) is 0 Å². The number of rotatable bonds is 16. The highest BCUT2D eigenvalue weighted by atomic mass is 16.6. The van der Waals surface area contributed by atoms with Gasteiger partial charge in [-0.2, -0.15) is 0 Å². The zero-order valence-electron chi connectivity index (χ0n) is 24.3. The van der Waals surface area contributed by atoms with E-state index in [2.05, 4.69) is 16.0 Å². The fourth-order valence-electron chi connectivity index (χ4n) is 3.72. The molecule has 0 aliphatic rings. The second-order valence-corrected chi connectivity index (χ2v) is 10.6. The third kappa shape index (κ3) is 16.6. The van der Waals surface area contributed by atoms with Crippen LogP contribution < -0.4 is 16.0 Å². The maximum atomic E-state index is 12.4. The fourth-order valence-corrected chi connectivity index (χ4v) is 3.72. The van der Waals surface area contributed by atoms with Gasteiger partial charge in [0, 0.05) is 25.9 Å². The number of unbranched alkanes of at least 4 members (excludes halogenated alkanes) is 2. The van der Waals surface area contributed by atoms with Gasteiger partial charge in [-0.15, -0.1) is 0 Å². The molecule has 0 saturated carbocycles. The van der Waals surface area contributed by atoms with E-state index in [4.69, 9.17) is 14.2 Å². The number of ether oxygens (including phenoxy) is 3. The van der Waals surface area contributed by atoms with Gasteiger partial charge in [0.05, 0.1) is 6.04 Å². The molecule has 0 aromatic heterocycles. The average molecular weight is 570 g/mol. The third-order valence-electron chi connectivity index (χ3n) is 5.76. The summed E-state index contributed by atoms with van der Waals surface area (Å²) >= 11 is 0. The molecule has 0 aliphatic carbocycles. The van der Waals surface area contributed by atoms with Crippen molar-refractivity contribution in [3.63, 3.8) is 0 Å². The summed E-state index contributed by atoms with van der Waals surface area (Å²) in [6, 6.07) is 18.0. The summed E-state index contributed by atoms with van der Waals surface area (Å²) in [5, 5.41) is 8.23. The quantitative estimate of drug-likeness (QED) is 0.147. The van der Waals surface area contributed by atoms with Crippen LogP contribution in [0.5, 0.6) is 0 Å². The zero-order chi connectivity index (χ0) is 29.9. The number of nitrogens with one attached hydrogen (secondary N) is 3. The lowest BCUT2D eigenvalue weighted by molar-refractivity contribution is -0.155. The number of benzene rings is 2. The molecule has 10 heteroatoms. The van der Waals surface area contributed by atoms with Crippen LogP contribution in [0.1, 0.15) is 70.4 Å². The Morgan fingerprint density at radius 2 is 1.32 bits per heavy atom. The molecule has 0 saturated heterocycles. The van der Waals surface area contributed by atoms with Gasteiger partial charge in [-0.05, 0) is 51.2 Å². The number of carbonyl (C=O) groups is 4. The smallest absolute Gasteiger partial charge is 0.407 e. The Kier molecular flexibility index (Phi) is 14.8. The van der Waals surface area contributed by atoms with Gasteiger partial charge in [-0.1, -0.05) is 67.1 Å². The minimum atomic E-state index is -0.649. The number of carbonyl (C=O) groups excluding carboxylic acids is 4. The SMILES string of the molecule is CC(C)(C)OC(=O)CCCCCNC(=O)CCC(CNC(=O)OCc1ccccc1)NC(=O)OCc1ccccc1. The molecule has 1 unspecified atom stereocenters. The van der Waals surface area contributed by atoms with Crippen molar-refractivity contribution in [1.82, 2.24) is 16.0 Å². The van der Waals surface area contributed by atoms with E-state index in [1.807, 2.05) is 81.4 Å². The Morgan fingerprint density at radius 3 is 1.90 bits per heavy atom. The number of alkyl carbamates (subject to hydrolysis) is 2. The minimum absolute atomic E-state index is 0.0615. The Balaban J connectivity index is 1.73. The molecule has 3 amide bonds. The van der Waals surface area contributed by atoms with Crippen LogP contribution in [0.25, 0.3) is 0 Å². The second-order valence-electron chi connectivity index (χ2n) is 10.6. The normalized spacial score (nSPS) is 11.6. The van der Waals surface area contributed by atoms with Gasteiger partial charge in [0.2, 0.25) is 5.91 Å². The standard InChI is InChI=1S/C31H43N3O7/c1-31(2,3)41-28(36)17-11-6-12-20-32-27(35)19-18-26(34-30(38)40-23-25-15-9-5-10-16-25)21-33-29(37)39-22-24-13-7-4-8-14-24/h4-5,7-10,13-16,26H,6,11-12,17-23H2,1-3H3,(H,32,35)(H,33,37)(H,34,38). The molecule has 0 heterocycles. The maximum Gasteiger partial charge on any atom is 0.407 e. The molecule has 2 aromatic rings. The average Bonchev–Trinajstić information content (AvgIpc) is 2.94. The van der Waals surface area contributed by atoms with Crippen molar-refractivity contribution in [2.24, 2.45) is 0 Å². The summed E-state index contributed by atoms with van der Waals surface area (Å²) in [7, 11) is 0. The topological polar surface area (TPSA) is 132 Å². The van der Waals surface area contributed by atoms with E-state index in [-0.39, 0.29) is 44.5 Å². The largest absolute Gasteiger partial charge is 0.460 e. The van der Waals surface area contributed by atoms with E-state index in [9.17, 15) is 19.2 Å². The summed E-state index contributed by atoms with van der Waals surface area (Å²) < 4.78 is 15.8. The van der Waals surface area contributed by atoms with Gasteiger partial charge in [0.25, 0.3) is 0 Å². The molecule has 224 valence electrons. The summed E-state index contributed by atoms with van der Waals surface area (Å²) in [5.74, 6) is -0.395. The van der Waals surface area contributed by atoms with E-state index in [0.29, 0.717) is 19.4 Å². The van der Waals surface area contributed by atoms with Crippen LogP contribution in [0.4, 0.5) is 9.59 Å². The highest BCUT2D eigenvalue weighted by Crippen LogP contribution is 2.10. The Labute approximate surface area is 242 Å². The highest BCUT2D eigenvalue weighted by Gasteiger charge is 2.18. The molecule has 1 atom stereocenters. The minimum Gasteiger partial charge on any atom is -0.460 e. The van der Waals surface area contributed by atoms with E-state index in [0.717, 1.165) is 24.0 Å². The van der Waals surface area contributed by atoms with E-state index in [1.54, 1.807) is 0 Å². The van der Waals surface area contributed by atoms with Crippen LogP contribution >= 0.6 is 0 Å². The lowest BCUT2D eigenvalue weighted by atomic mass is 10.1. The van der Waals surface area contributed by atoms with Gasteiger partial charge in [0.15, 0.2) is 0 Å². The molecule has 10 nitrogen and oxygen atoms in total. The summed E-state index contributed by atoms with van der Waals surface area (Å²) in [5.41, 5.74) is 1.20. The van der Waals surface area contributed by atoms with Crippen LogP contribution in [-0.4, -0.2) is 48.8 Å². The Morgan fingerprint density at radius 1 is 0.732 bits per heavy atom. The lowest BCUT2D eigenvalue weighted by Crippen LogP contribution is -2.44. The van der Waals surface area contributed by atoms with Crippen LogP contribution in [0.15, 0.2) is 60.7 Å². The molecule has 0 spiro atoms. The molecule has 0 aliphatic heterocycles. The number of hydrogen-bond acceptors (Lipinski definition) is 7. The first-order chi connectivity index (χ1) is 19.6. The molecule has 0 bridgehead atoms. The van der Waals surface area contributed by atoms with Crippen LogP contribution in [-0.2, 0) is 37.0 Å². The van der Waals surface area contributed by atoms with Crippen molar-refractivity contribution in [3.8, 4) is 0 Å². The molecule has 3 N–H and O–H groups in total. The van der Waals surface area contributed by atoms with Crippen molar-refractivity contribution >= 4 is 24.1 Å². The first-order valence-electron chi connectivity index (χ1n) is 14.0. The Hall–Kier alpha value is -4.08. The maximum absolute atomic E-state index is 12.4. The summed E-state index contributed by atoms with van der Waals surface area (Å²) in [4.78, 5) is 48.8. The van der Waals surface area contributed by atoms with Gasteiger partial charge in [0.1, 0.15) is 18.8 Å². The molecule has 2 rings (SSSR count). The van der Waals surface area contributed by atoms with E-state index < -0.39 is 23.8 Å². The van der Waals surface area contributed by atoms with Crippen molar-refractivity contribution in [3.05, 3.63) is 71.8 Å². The zero-order valence-corrected chi connectivity index (χ0v) is 24.3. The second kappa shape index (κ2) is 18.3. The molecule has 0 fully saturated rings. The summed E-state index contributed by atoms with van der Waals surface area (Å²) in [6.45, 7) is 6.26. The number of hydrogen-bond donors (Lipinski definition) is 3. The molecule has 41 heavy (non-hydrogen) atoms. The van der Waals surface area contributed by atoms with E-state index in [1.165, 1.54) is 0 Å². The first-order valence-corrected chi connectivity index (χ1v) is 14.0. The predicted octanol–water partition coefficient (Wildman–Crippen LogP) is 5.01. The third-order valence-corrected chi connectivity index (χ3v) is 5.76. The fraction of sp³-hybridized carbons (Fsp3) is 0.484. The highest BCUT2D eigenvalue weighted by molar-refractivity contribution is 5.76. The van der Waals surface area contributed by atoms with E-state index >= 15 is 0 Å². The molecule has 0 radical (unpaired) electrons. The molecular weight excluding hydrogens is 526 g/mol. The first kappa shape index (κ1) is 33.1. The summed E-state index contributed by atoms with van der Waals surface area (Å²) in [6.07, 6.45) is 1.70. The van der Waals surface area contributed by atoms with Crippen molar-refractivity contribution in [2.45, 2.75) is 84.2 Å². The van der Waals surface area contributed by atoms with Crippen LogP contribution in [0.2, 0.25) is 0 Å². The van der Waals surface area contributed by atoms with Gasteiger partial charge < -0.3 is 30.2 Å². The number of esters is 1. The Bertz CT molecular complexity index is 1070. The molecule has 2 aromatic carbocycles.